The molecule has 0 saturated carbocycles. The molecule has 1 atom stereocenters. The van der Waals surface area contributed by atoms with Crippen LogP contribution < -0.4 is 4.90 Å². The third kappa shape index (κ3) is 1.95. The summed E-state index contributed by atoms with van der Waals surface area (Å²) in [6, 6.07) is 4.85. The van der Waals surface area contributed by atoms with Crippen LogP contribution in [0.25, 0.3) is 11.0 Å². The molecule has 2 aromatic rings. The van der Waals surface area contributed by atoms with Gasteiger partial charge in [-0.25, -0.2) is 4.63 Å². The molecule has 100 valence electrons. The number of benzene rings is 1. The average molecular weight is 285 g/mol. The van der Waals surface area contributed by atoms with Gasteiger partial charge in [0, 0.05) is 13.0 Å². The van der Waals surface area contributed by atoms with E-state index in [9.17, 15) is 17.1 Å². The number of halogens is 1. The van der Waals surface area contributed by atoms with E-state index in [0.29, 0.717) is 16.7 Å². The molecule has 1 fully saturated rings. The summed E-state index contributed by atoms with van der Waals surface area (Å²) in [5.41, 5.74) is 1.15. The van der Waals surface area contributed by atoms with Crippen molar-refractivity contribution in [3.05, 3.63) is 18.2 Å². The Balaban J connectivity index is 2.04. The fraction of sp³-hybridized carbons (Fsp3) is 0.300. The monoisotopic (exact) mass is 285 g/mol. The number of rotatable bonds is 2. The maximum atomic E-state index is 13.0. The van der Waals surface area contributed by atoms with Crippen LogP contribution in [0.1, 0.15) is 6.42 Å². The van der Waals surface area contributed by atoms with Gasteiger partial charge in [-0.1, -0.05) is 6.07 Å². The summed E-state index contributed by atoms with van der Waals surface area (Å²) in [5, 5.41) is 5.95. The molecule has 1 saturated heterocycles. The summed E-state index contributed by atoms with van der Waals surface area (Å²) in [7, 11) is -4.74. The lowest BCUT2D eigenvalue weighted by molar-refractivity contribution is -0.117. The van der Waals surface area contributed by atoms with E-state index in [1.807, 2.05) is 0 Å². The number of carbonyl (C=O) groups is 1. The van der Waals surface area contributed by atoms with Crippen molar-refractivity contribution >= 4 is 32.9 Å². The van der Waals surface area contributed by atoms with Crippen molar-refractivity contribution in [3.63, 3.8) is 0 Å². The highest BCUT2D eigenvalue weighted by Gasteiger charge is 2.39. The van der Waals surface area contributed by atoms with Crippen LogP contribution in [0.2, 0.25) is 0 Å². The second-order valence-electron chi connectivity index (χ2n) is 4.22. The van der Waals surface area contributed by atoms with Gasteiger partial charge in [-0.2, -0.15) is 8.42 Å². The van der Waals surface area contributed by atoms with Crippen molar-refractivity contribution in [2.45, 2.75) is 11.7 Å². The number of nitrogens with zero attached hydrogens (tertiary/aromatic N) is 3. The van der Waals surface area contributed by atoms with Gasteiger partial charge in [-0.3, -0.25) is 4.79 Å². The summed E-state index contributed by atoms with van der Waals surface area (Å²) in [6.07, 6.45) is -0.375. The Bertz CT molecular complexity index is 757. The van der Waals surface area contributed by atoms with Gasteiger partial charge in [0.25, 0.3) is 0 Å². The molecule has 0 N–H and O–H groups in total. The van der Waals surface area contributed by atoms with Crippen molar-refractivity contribution < 1.29 is 21.7 Å². The van der Waals surface area contributed by atoms with Crippen molar-refractivity contribution in [3.8, 4) is 0 Å². The van der Waals surface area contributed by atoms with Crippen LogP contribution >= 0.6 is 0 Å². The second kappa shape index (κ2) is 3.98. The predicted molar refractivity (Wildman–Crippen MR) is 62.6 cm³/mol. The van der Waals surface area contributed by atoms with Gasteiger partial charge < -0.3 is 4.90 Å². The van der Waals surface area contributed by atoms with Crippen LogP contribution in [-0.2, 0) is 15.0 Å². The number of amides is 1. The SMILES string of the molecule is O=C1CC(S(=O)(=O)F)CN1c1cccc2nonc12. The minimum Gasteiger partial charge on any atom is -0.309 e. The van der Waals surface area contributed by atoms with E-state index >= 15 is 0 Å². The Hall–Kier alpha value is -2.03. The van der Waals surface area contributed by atoms with Crippen LogP contribution in [-0.4, -0.2) is 36.4 Å². The van der Waals surface area contributed by atoms with Crippen molar-refractivity contribution in [2.24, 2.45) is 0 Å². The largest absolute Gasteiger partial charge is 0.309 e. The third-order valence-corrected chi connectivity index (χ3v) is 4.16. The lowest BCUT2D eigenvalue weighted by Crippen LogP contribution is -2.27. The van der Waals surface area contributed by atoms with Crippen molar-refractivity contribution in [1.82, 2.24) is 10.3 Å². The maximum Gasteiger partial charge on any atom is 0.307 e. The van der Waals surface area contributed by atoms with Gasteiger partial charge in [0.15, 0.2) is 5.52 Å². The van der Waals surface area contributed by atoms with Gasteiger partial charge in [-0.05, 0) is 22.4 Å². The Morgan fingerprint density at radius 1 is 1.37 bits per heavy atom. The topological polar surface area (TPSA) is 93.4 Å². The number of carbonyl (C=O) groups excluding carboxylic acids is 1. The fourth-order valence-corrected chi connectivity index (χ4v) is 2.77. The van der Waals surface area contributed by atoms with E-state index in [1.165, 1.54) is 4.90 Å². The zero-order valence-corrected chi connectivity index (χ0v) is 10.3. The first kappa shape index (κ1) is 12.0. The third-order valence-electron chi connectivity index (χ3n) is 3.04. The summed E-state index contributed by atoms with van der Waals surface area (Å²) >= 11 is 0. The molecule has 9 heteroatoms. The molecule has 1 aliphatic rings. The number of hydrogen-bond acceptors (Lipinski definition) is 6. The van der Waals surface area contributed by atoms with E-state index in [2.05, 4.69) is 14.9 Å². The minimum atomic E-state index is -4.74. The molecule has 1 unspecified atom stereocenters. The van der Waals surface area contributed by atoms with Gasteiger partial charge in [-0.15, -0.1) is 3.89 Å². The van der Waals surface area contributed by atoms with E-state index in [4.69, 9.17) is 0 Å². The molecule has 0 radical (unpaired) electrons. The summed E-state index contributed by atoms with van der Waals surface area (Å²) in [4.78, 5) is 13.0. The molecule has 0 aliphatic carbocycles. The maximum absolute atomic E-state index is 13.0. The van der Waals surface area contributed by atoms with Crippen molar-refractivity contribution in [2.75, 3.05) is 11.4 Å². The number of hydrogen-bond donors (Lipinski definition) is 0. The summed E-state index contributed by atoms with van der Waals surface area (Å²) < 4.78 is 39.3. The van der Waals surface area contributed by atoms with Crippen LogP contribution in [0.4, 0.5) is 9.57 Å². The smallest absolute Gasteiger partial charge is 0.307 e. The fourth-order valence-electron chi connectivity index (χ4n) is 2.11. The average Bonchev–Trinajstić information content (AvgIpc) is 2.93. The van der Waals surface area contributed by atoms with E-state index in [-0.39, 0.29) is 13.0 Å². The first-order chi connectivity index (χ1) is 8.97. The second-order valence-corrected chi connectivity index (χ2v) is 5.83. The summed E-state index contributed by atoms with van der Waals surface area (Å²) in [5.74, 6) is -0.471. The first-order valence-electron chi connectivity index (χ1n) is 5.42. The molecular formula is C10H8FN3O4S. The quantitative estimate of drug-likeness (QED) is 0.751. The Labute approximate surface area is 107 Å². The highest BCUT2D eigenvalue weighted by Crippen LogP contribution is 2.30. The highest BCUT2D eigenvalue weighted by atomic mass is 32.3. The van der Waals surface area contributed by atoms with E-state index in [1.54, 1.807) is 18.2 Å². The molecule has 0 spiro atoms. The lowest BCUT2D eigenvalue weighted by Gasteiger charge is -2.15. The van der Waals surface area contributed by atoms with E-state index in [0.717, 1.165) is 0 Å². The molecule has 1 aromatic heterocycles. The first-order valence-corrected chi connectivity index (χ1v) is 6.86. The molecule has 7 nitrogen and oxygen atoms in total. The van der Waals surface area contributed by atoms with Crippen molar-refractivity contribution in [1.29, 1.82) is 0 Å². The predicted octanol–water partition coefficient (Wildman–Crippen LogP) is 0.627. The zero-order chi connectivity index (χ0) is 13.6. The van der Waals surface area contributed by atoms with Gasteiger partial charge in [0.1, 0.15) is 10.8 Å². The minimum absolute atomic E-state index is 0.233. The Morgan fingerprint density at radius 3 is 2.84 bits per heavy atom. The van der Waals surface area contributed by atoms with Crippen LogP contribution in [0.3, 0.4) is 0 Å². The van der Waals surface area contributed by atoms with Crippen LogP contribution in [0.15, 0.2) is 22.8 Å². The van der Waals surface area contributed by atoms with Gasteiger partial charge in [0.05, 0.1) is 5.69 Å². The Kier molecular flexibility index (Phi) is 2.52. The lowest BCUT2D eigenvalue weighted by atomic mass is 10.2. The number of aromatic nitrogens is 2. The standard InChI is InChI=1S/C10H8FN3O4S/c11-19(16,17)6-4-9(15)14(5-6)8-3-1-2-7-10(8)13-18-12-7/h1-3,6H,4-5H2. The highest BCUT2D eigenvalue weighted by molar-refractivity contribution is 7.87. The molecule has 2 heterocycles. The number of anilines is 1. The molecule has 1 aliphatic heterocycles. The normalized spacial score (nSPS) is 20.4. The van der Waals surface area contributed by atoms with Crippen LogP contribution in [0.5, 0.6) is 0 Å². The Morgan fingerprint density at radius 2 is 2.16 bits per heavy atom. The molecule has 19 heavy (non-hydrogen) atoms. The molecule has 0 bridgehead atoms. The zero-order valence-electron chi connectivity index (χ0n) is 9.48. The van der Waals surface area contributed by atoms with Gasteiger partial charge >= 0.3 is 10.2 Å². The molecule has 3 rings (SSSR count). The molecule has 1 aromatic carbocycles. The van der Waals surface area contributed by atoms with E-state index < -0.39 is 21.4 Å². The molecular weight excluding hydrogens is 277 g/mol. The number of fused-ring (bicyclic) bond motifs is 1. The van der Waals surface area contributed by atoms with Gasteiger partial charge in [0.2, 0.25) is 5.91 Å². The molecule has 1 amide bonds. The van der Waals surface area contributed by atoms with Crippen LogP contribution in [0, 0.1) is 0 Å². The summed E-state index contributed by atoms with van der Waals surface area (Å²) in [6.45, 7) is -0.233.